The number of rotatable bonds is 5. The molecule has 0 saturated heterocycles. The van der Waals surface area contributed by atoms with Crippen molar-refractivity contribution in [2.45, 2.75) is 25.4 Å². The highest BCUT2D eigenvalue weighted by molar-refractivity contribution is 6.31. The molecule has 1 aliphatic carbocycles. The third kappa shape index (κ3) is 3.05. The van der Waals surface area contributed by atoms with Gasteiger partial charge in [0.25, 0.3) is 0 Å². The minimum absolute atomic E-state index is 0.0255. The Morgan fingerprint density at radius 1 is 1.59 bits per heavy atom. The molecule has 92 valence electrons. The molecule has 1 aromatic rings. The van der Waals surface area contributed by atoms with Gasteiger partial charge in [-0.15, -0.1) is 0 Å². The zero-order valence-corrected chi connectivity index (χ0v) is 10.3. The van der Waals surface area contributed by atoms with Crippen LogP contribution in [0.3, 0.4) is 0 Å². The van der Waals surface area contributed by atoms with Gasteiger partial charge >= 0.3 is 0 Å². The number of hydrogen-bond donors (Lipinski definition) is 0. The van der Waals surface area contributed by atoms with E-state index in [1.807, 2.05) is 0 Å². The van der Waals surface area contributed by atoms with Crippen LogP contribution in [0.15, 0.2) is 18.2 Å². The molecule has 1 atom stereocenters. The van der Waals surface area contributed by atoms with Crippen LogP contribution in [0.25, 0.3) is 0 Å². The Labute approximate surface area is 105 Å². The SMILES string of the molecule is COC(C(=O)Cc1cc(F)ccc1Cl)C1CC1. The van der Waals surface area contributed by atoms with Crippen molar-refractivity contribution >= 4 is 17.4 Å². The number of methoxy groups -OCH3 is 1. The maximum absolute atomic E-state index is 13.1. The first-order valence-corrected chi connectivity index (χ1v) is 5.99. The lowest BCUT2D eigenvalue weighted by atomic mass is 10.0. The van der Waals surface area contributed by atoms with Crippen LogP contribution in [-0.4, -0.2) is 19.0 Å². The maximum Gasteiger partial charge on any atom is 0.166 e. The van der Waals surface area contributed by atoms with E-state index in [1.54, 1.807) is 0 Å². The Balaban J connectivity index is 2.08. The normalized spacial score (nSPS) is 16.9. The second-order valence-corrected chi connectivity index (χ2v) is 4.78. The molecule has 4 heteroatoms. The number of ketones is 1. The molecular formula is C13H14ClFO2. The molecule has 1 fully saturated rings. The summed E-state index contributed by atoms with van der Waals surface area (Å²) in [7, 11) is 1.54. The number of carbonyl (C=O) groups is 1. The Hall–Kier alpha value is -0.930. The van der Waals surface area contributed by atoms with Gasteiger partial charge in [0, 0.05) is 18.6 Å². The summed E-state index contributed by atoms with van der Waals surface area (Å²) in [4.78, 5) is 12.0. The molecule has 17 heavy (non-hydrogen) atoms. The number of Topliss-reactive ketones (excluding diaryl/α,β-unsaturated/α-hetero) is 1. The minimum Gasteiger partial charge on any atom is -0.373 e. The molecule has 1 aliphatic rings. The number of halogens is 2. The maximum atomic E-state index is 13.1. The van der Waals surface area contributed by atoms with Gasteiger partial charge in [0.15, 0.2) is 5.78 Å². The molecule has 2 nitrogen and oxygen atoms in total. The summed E-state index contributed by atoms with van der Waals surface area (Å²) in [6.45, 7) is 0. The lowest BCUT2D eigenvalue weighted by molar-refractivity contribution is -0.129. The van der Waals surface area contributed by atoms with E-state index in [1.165, 1.54) is 25.3 Å². The summed E-state index contributed by atoms with van der Waals surface area (Å²) in [5.41, 5.74) is 0.527. The summed E-state index contributed by atoms with van der Waals surface area (Å²) in [6, 6.07) is 4.06. The smallest absolute Gasteiger partial charge is 0.166 e. The van der Waals surface area contributed by atoms with E-state index in [9.17, 15) is 9.18 Å². The topological polar surface area (TPSA) is 26.3 Å². The predicted octanol–water partition coefficient (Wildman–Crippen LogP) is 3.02. The van der Waals surface area contributed by atoms with E-state index >= 15 is 0 Å². The third-order valence-corrected chi connectivity index (χ3v) is 3.36. The van der Waals surface area contributed by atoms with Crippen LogP contribution < -0.4 is 0 Å². The van der Waals surface area contributed by atoms with Crippen molar-refractivity contribution in [3.8, 4) is 0 Å². The fourth-order valence-corrected chi connectivity index (χ4v) is 2.14. The molecule has 0 radical (unpaired) electrons. The highest BCUT2D eigenvalue weighted by atomic mass is 35.5. The molecule has 1 saturated carbocycles. The van der Waals surface area contributed by atoms with Gasteiger partial charge in [-0.3, -0.25) is 4.79 Å². The molecule has 1 aromatic carbocycles. The van der Waals surface area contributed by atoms with Gasteiger partial charge in [0.05, 0.1) is 0 Å². The average molecular weight is 257 g/mol. The summed E-state index contributed by atoms with van der Waals surface area (Å²) in [6.07, 6.45) is 1.82. The first kappa shape index (κ1) is 12.5. The summed E-state index contributed by atoms with van der Waals surface area (Å²) < 4.78 is 18.2. The fourth-order valence-electron chi connectivity index (χ4n) is 1.95. The molecule has 0 aliphatic heterocycles. The molecule has 0 amide bonds. The lowest BCUT2D eigenvalue weighted by Gasteiger charge is -2.13. The number of benzene rings is 1. The van der Waals surface area contributed by atoms with Crippen LogP contribution in [-0.2, 0) is 16.0 Å². The van der Waals surface area contributed by atoms with E-state index in [-0.39, 0.29) is 24.1 Å². The van der Waals surface area contributed by atoms with Crippen molar-refractivity contribution < 1.29 is 13.9 Å². The van der Waals surface area contributed by atoms with Gasteiger partial charge in [-0.1, -0.05) is 11.6 Å². The van der Waals surface area contributed by atoms with E-state index in [0.717, 1.165) is 12.8 Å². The molecular weight excluding hydrogens is 243 g/mol. The predicted molar refractivity (Wildman–Crippen MR) is 63.6 cm³/mol. The number of ether oxygens (including phenoxy) is 1. The molecule has 0 heterocycles. The Kier molecular flexibility index (Phi) is 3.79. The van der Waals surface area contributed by atoms with Crippen LogP contribution in [0.2, 0.25) is 5.02 Å². The van der Waals surface area contributed by atoms with E-state index in [4.69, 9.17) is 16.3 Å². The largest absolute Gasteiger partial charge is 0.373 e. The molecule has 0 spiro atoms. The van der Waals surface area contributed by atoms with Crippen LogP contribution >= 0.6 is 11.6 Å². The monoisotopic (exact) mass is 256 g/mol. The molecule has 2 rings (SSSR count). The first-order chi connectivity index (χ1) is 8.11. The van der Waals surface area contributed by atoms with Crippen molar-refractivity contribution in [3.05, 3.63) is 34.6 Å². The molecule has 1 unspecified atom stereocenters. The molecule has 0 N–H and O–H groups in total. The van der Waals surface area contributed by atoms with Crippen molar-refractivity contribution in [2.75, 3.05) is 7.11 Å². The second kappa shape index (κ2) is 5.15. The Morgan fingerprint density at radius 2 is 2.29 bits per heavy atom. The van der Waals surface area contributed by atoms with Gasteiger partial charge in [-0.2, -0.15) is 0 Å². The first-order valence-electron chi connectivity index (χ1n) is 5.61. The minimum atomic E-state index is -0.377. The van der Waals surface area contributed by atoms with Crippen LogP contribution in [0.1, 0.15) is 18.4 Å². The highest BCUT2D eigenvalue weighted by Gasteiger charge is 2.36. The Morgan fingerprint density at radius 3 is 2.88 bits per heavy atom. The zero-order valence-electron chi connectivity index (χ0n) is 9.58. The zero-order chi connectivity index (χ0) is 12.4. The van der Waals surface area contributed by atoms with Crippen molar-refractivity contribution in [2.24, 2.45) is 5.92 Å². The van der Waals surface area contributed by atoms with Crippen molar-refractivity contribution in [1.29, 1.82) is 0 Å². The van der Waals surface area contributed by atoms with Crippen molar-refractivity contribution in [3.63, 3.8) is 0 Å². The number of carbonyl (C=O) groups excluding carboxylic acids is 1. The van der Waals surface area contributed by atoms with Gasteiger partial charge in [-0.25, -0.2) is 4.39 Å². The third-order valence-electron chi connectivity index (χ3n) is 2.99. The van der Waals surface area contributed by atoms with Crippen LogP contribution in [0.5, 0.6) is 0 Å². The quantitative estimate of drug-likeness (QED) is 0.810. The number of hydrogen-bond acceptors (Lipinski definition) is 2. The summed E-state index contributed by atoms with van der Waals surface area (Å²) in [5.74, 6) is -0.0695. The van der Waals surface area contributed by atoms with E-state index in [2.05, 4.69) is 0 Å². The molecule has 0 bridgehead atoms. The van der Waals surface area contributed by atoms with Crippen LogP contribution in [0.4, 0.5) is 4.39 Å². The van der Waals surface area contributed by atoms with Gasteiger partial charge < -0.3 is 4.74 Å². The highest BCUT2D eigenvalue weighted by Crippen LogP contribution is 2.35. The van der Waals surface area contributed by atoms with E-state index in [0.29, 0.717) is 16.5 Å². The van der Waals surface area contributed by atoms with Crippen LogP contribution in [0, 0.1) is 11.7 Å². The Bertz CT molecular complexity index is 429. The van der Waals surface area contributed by atoms with E-state index < -0.39 is 0 Å². The second-order valence-electron chi connectivity index (χ2n) is 4.37. The summed E-state index contributed by atoms with van der Waals surface area (Å²) in [5, 5.41) is 0.422. The van der Waals surface area contributed by atoms with Crippen molar-refractivity contribution in [1.82, 2.24) is 0 Å². The summed E-state index contributed by atoms with van der Waals surface area (Å²) >= 11 is 5.92. The van der Waals surface area contributed by atoms with Gasteiger partial charge in [0.2, 0.25) is 0 Å². The fraction of sp³-hybridized carbons (Fsp3) is 0.462. The van der Waals surface area contributed by atoms with Gasteiger partial charge in [0.1, 0.15) is 11.9 Å². The standard InChI is InChI=1S/C13H14ClFO2/c1-17-13(8-2-3-8)12(16)7-9-6-10(15)4-5-11(9)14/h4-6,8,13H,2-3,7H2,1H3. The molecule has 0 aromatic heterocycles. The van der Waals surface area contributed by atoms with Gasteiger partial charge in [-0.05, 0) is 42.5 Å². The average Bonchev–Trinajstić information content (AvgIpc) is 3.09. The lowest BCUT2D eigenvalue weighted by Crippen LogP contribution is -2.26.